The van der Waals surface area contributed by atoms with E-state index in [0.29, 0.717) is 5.82 Å². The highest BCUT2D eigenvalue weighted by Crippen LogP contribution is 2.43. The van der Waals surface area contributed by atoms with Gasteiger partial charge in [0.05, 0.1) is 23.1 Å². The summed E-state index contributed by atoms with van der Waals surface area (Å²) >= 11 is 0. The van der Waals surface area contributed by atoms with Crippen LogP contribution in [0.4, 0.5) is 16.2 Å². The minimum Gasteiger partial charge on any atom is -0.465 e. The number of anilines is 2. The summed E-state index contributed by atoms with van der Waals surface area (Å²) in [5.41, 5.74) is 5.07. The highest BCUT2D eigenvalue weighted by atomic mass is 16.4. The summed E-state index contributed by atoms with van der Waals surface area (Å²) in [6.07, 6.45) is 5.19. The predicted molar refractivity (Wildman–Crippen MR) is 120 cm³/mol. The second kappa shape index (κ2) is 6.91. The first kappa shape index (κ1) is 18.6. The molecule has 1 amide bonds. The van der Waals surface area contributed by atoms with Crippen LogP contribution in [-0.2, 0) is 5.54 Å². The van der Waals surface area contributed by atoms with Gasteiger partial charge in [-0.05, 0) is 43.0 Å². The zero-order valence-electron chi connectivity index (χ0n) is 17.1. The molecule has 3 heterocycles. The summed E-state index contributed by atoms with van der Waals surface area (Å²) in [6, 6.07) is 17.9. The number of aromatic nitrogens is 4. The standard InChI is InChI=1S/C24H20N6O2/c31-23(32)27-24(11-3-12-24)16-8-6-15(7-9-16)21-28-29-22-17-4-1-2-5-18(17)26-19-10-13-25-14-20(19)30(21)22/h1-2,4-10,13-14,26-27H,3,11-12H2,(H,31,32). The van der Waals surface area contributed by atoms with Crippen molar-refractivity contribution >= 4 is 17.5 Å². The third kappa shape index (κ3) is 2.76. The van der Waals surface area contributed by atoms with Crippen LogP contribution in [0.3, 0.4) is 0 Å². The van der Waals surface area contributed by atoms with Crippen LogP contribution in [0.5, 0.6) is 0 Å². The van der Waals surface area contributed by atoms with Gasteiger partial charge in [-0.3, -0.25) is 9.55 Å². The van der Waals surface area contributed by atoms with E-state index < -0.39 is 11.6 Å². The molecular formula is C24H20N6O2. The molecular weight excluding hydrogens is 404 g/mol. The second-order valence-corrected chi connectivity index (χ2v) is 8.19. The fourth-order valence-electron chi connectivity index (χ4n) is 4.64. The lowest BCUT2D eigenvalue weighted by atomic mass is 9.72. The van der Waals surface area contributed by atoms with Crippen molar-refractivity contribution in [2.45, 2.75) is 24.8 Å². The first-order valence-electron chi connectivity index (χ1n) is 10.5. The van der Waals surface area contributed by atoms with Gasteiger partial charge in [0.25, 0.3) is 0 Å². The number of pyridine rings is 1. The Balaban J connectivity index is 1.48. The van der Waals surface area contributed by atoms with E-state index in [2.05, 4.69) is 25.8 Å². The molecule has 0 atom stereocenters. The molecule has 1 saturated carbocycles. The Morgan fingerprint density at radius 3 is 2.53 bits per heavy atom. The number of nitrogens with one attached hydrogen (secondary N) is 2. The average Bonchev–Trinajstić information content (AvgIpc) is 3.16. The number of fused-ring (bicyclic) bond motifs is 5. The topological polar surface area (TPSA) is 105 Å². The number of para-hydroxylation sites is 1. The van der Waals surface area contributed by atoms with Crippen LogP contribution in [0.1, 0.15) is 24.8 Å². The normalized spacial score (nSPS) is 15.2. The van der Waals surface area contributed by atoms with E-state index in [0.717, 1.165) is 58.8 Å². The van der Waals surface area contributed by atoms with Crippen LogP contribution < -0.4 is 10.6 Å². The quantitative estimate of drug-likeness (QED) is 0.388. The Morgan fingerprint density at radius 2 is 1.78 bits per heavy atom. The SMILES string of the molecule is O=C(O)NC1(c2ccc(-c3nnc4n3-c3cnccc3Nc3ccccc3-4)cc2)CCC1. The van der Waals surface area contributed by atoms with Crippen molar-refractivity contribution in [1.29, 1.82) is 0 Å². The summed E-state index contributed by atoms with van der Waals surface area (Å²) < 4.78 is 2.02. The molecule has 1 aliphatic carbocycles. The molecule has 0 saturated heterocycles. The van der Waals surface area contributed by atoms with E-state index >= 15 is 0 Å². The molecule has 3 N–H and O–H groups in total. The van der Waals surface area contributed by atoms with Crippen molar-refractivity contribution in [1.82, 2.24) is 25.1 Å². The summed E-state index contributed by atoms with van der Waals surface area (Å²) in [7, 11) is 0. The van der Waals surface area contributed by atoms with Gasteiger partial charge in [-0.1, -0.05) is 36.4 Å². The molecule has 6 rings (SSSR count). The van der Waals surface area contributed by atoms with E-state index in [-0.39, 0.29) is 0 Å². The van der Waals surface area contributed by atoms with Crippen LogP contribution in [-0.4, -0.2) is 30.9 Å². The van der Waals surface area contributed by atoms with Gasteiger partial charge >= 0.3 is 6.09 Å². The Morgan fingerprint density at radius 1 is 1.00 bits per heavy atom. The van der Waals surface area contributed by atoms with E-state index in [1.54, 1.807) is 12.4 Å². The molecule has 0 spiro atoms. The van der Waals surface area contributed by atoms with Crippen LogP contribution >= 0.6 is 0 Å². The number of carboxylic acid groups (broad SMARTS) is 1. The smallest absolute Gasteiger partial charge is 0.405 e. The number of carbonyl (C=O) groups is 1. The molecule has 8 heteroatoms. The van der Waals surface area contributed by atoms with Crippen molar-refractivity contribution < 1.29 is 9.90 Å². The first-order valence-corrected chi connectivity index (χ1v) is 10.5. The largest absolute Gasteiger partial charge is 0.465 e. The second-order valence-electron chi connectivity index (χ2n) is 8.19. The molecule has 1 aliphatic heterocycles. The fraction of sp³-hybridized carbons (Fsp3) is 0.167. The number of hydrogen-bond acceptors (Lipinski definition) is 5. The first-order chi connectivity index (χ1) is 15.6. The maximum absolute atomic E-state index is 11.3. The Hall–Kier alpha value is -4.20. The highest BCUT2D eigenvalue weighted by Gasteiger charge is 2.40. The number of nitrogens with zero attached hydrogens (tertiary/aromatic N) is 4. The van der Waals surface area contributed by atoms with Crippen molar-refractivity contribution in [3.63, 3.8) is 0 Å². The molecule has 2 aromatic carbocycles. The fourth-order valence-corrected chi connectivity index (χ4v) is 4.64. The van der Waals surface area contributed by atoms with Crippen LogP contribution in [0.2, 0.25) is 0 Å². The molecule has 0 unspecified atom stereocenters. The molecule has 2 aliphatic rings. The van der Waals surface area contributed by atoms with Gasteiger partial charge in [-0.25, -0.2) is 4.79 Å². The van der Waals surface area contributed by atoms with Gasteiger partial charge in [-0.15, -0.1) is 10.2 Å². The summed E-state index contributed by atoms with van der Waals surface area (Å²) in [5, 5.41) is 24.5. The zero-order chi connectivity index (χ0) is 21.7. The zero-order valence-corrected chi connectivity index (χ0v) is 17.1. The molecule has 158 valence electrons. The lowest BCUT2D eigenvalue weighted by Gasteiger charge is -2.42. The Labute approximate surface area is 184 Å². The van der Waals surface area contributed by atoms with E-state index in [4.69, 9.17) is 0 Å². The van der Waals surface area contributed by atoms with Gasteiger partial charge in [0.15, 0.2) is 11.6 Å². The lowest BCUT2D eigenvalue weighted by Crippen LogP contribution is -2.50. The molecule has 8 nitrogen and oxygen atoms in total. The number of benzene rings is 2. The highest BCUT2D eigenvalue weighted by molar-refractivity contribution is 5.85. The third-order valence-corrected chi connectivity index (χ3v) is 6.39. The molecule has 4 aromatic rings. The van der Waals surface area contributed by atoms with Crippen LogP contribution in [0.15, 0.2) is 67.0 Å². The number of amides is 1. The van der Waals surface area contributed by atoms with Gasteiger partial charge in [0.2, 0.25) is 0 Å². The number of rotatable bonds is 3. The molecule has 2 aromatic heterocycles. The molecule has 0 bridgehead atoms. The minimum atomic E-state index is -0.994. The third-order valence-electron chi connectivity index (χ3n) is 6.39. The summed E-state index contributed by atoms with van der Waals surface area (Å²) in [4.78, 5) is 15.6. The monoisotopic (exact) mass is 424 g/mol. The molecule has 1 fully saturated rings. The summed E-state index contributed by atoms with van der Waals surface area (Å²) in [5.74, 6) is 1.44. The van der Waals surface area contributed by atoms with Gasteiger partial charge in [-0.2, -0.15) is 0 Å². The van der Waals surface area contributed by atoms with Crippen molar-refractivity contribution in [3.05, 3.63) is 72.6 Å². The van der Waals surface area contributed by atoms with E-state index in [1.165, 1.54) is 0 Å². The molecule has 32 heavy (non-hydrogen) atoms. The lowest BCUT2D eigenvalue weighted by molar-refractivity contribution is 0.144. The van der Waals surface area contributed by atoms with E-state index in [9.17, 15) is 9.90 Å². The van der Waals surface area contributed by atoms with Gasteiger partial charge < -0.3 is 15.7 Å². The number of hydrogen-bond donors (Lipinski definition) is 3. The maximum Gasteiger partial charge on any atom is 0.405 e. The Kier molecular flexibility index (Phi) is 4.01. The van der Waals surface area contributed by atoms with Gasteiger partial charge in [0.1, 0.15) is 0 Å². The van der Waals surface area contributed by atoms with E-state index in [1.807, 2.05) is 59.2 Å². The van der Waals surface area contributed by atoms with Crippen LogP contribution in [0, 0.1) is 0 Å². The maximum atomic E-state index is 11.3. The van der Waals surface area contributed by atoms with Crippen molar-refractivity contribution in [3.8, 4) is 28.5 Å². The Bertz CT molecular complexity index is 1340. The van der Waals surface area contributed by atoms with Crippen LogP contribution in [0.25, 0.3) is 28.5 Å². The van der Waals surface area contributed by atoms with Crippen molar-refractivity contribution in [2.75, 3.05) is 5.32 Å². The molecule has 0 radical (unpaired) electrons. The average molecular weight is 424 g/mol. The van der Waals surface area contributed by atoms with Crippen molar-refractivity contribution in [2.24, 2.45) is 0 Å². The predicted octanol–water partition coefficient (Wildman–Crippen LogP) is 4.70. The van der Waals surface area contributed by atoms with Gasteiger partial charge in [0, 0.05) is 23.0 Å². The summed E-state index contributed by atoms with van der Waals surface area (Å²) in [6.45, 7) is 0. The minimum absolute atomic E-state index is 0.495.